The summed E-state index contributed by atoms with van der Waals surface area (Å²) in [6.45, 7) is 8.66. The quantitative estimate of drug-likeness (QED) is 0.520. The van der Waals surface area contributed by atoms with E-state index >= 15 is 0 Å². The second kappa shape index (κ2) is 11.1. The average molecular weight is 472 g/mol. The van der Waals surface area contributed by atoms with E-state index in [9.17, 15) is 9.59 Å². The van der Waals surface area contributed by atoms with E-state index in [1.54, 1.807) is 4.90 Å². The number of aryl methyl sites for hydroxylation is 1. The van der Waals surface area contributed by atoms with Crippen molar-refractivity contribution in [2.75, 3.05) is 37.6 Å². The Kier molecular flexibility index (Phi) is 7.75. The Bertz CT molecular complexity index is 1120. The number of nitrogens with zero attached hydrogens (tertiary/aromatic N) is 5. The lowest BCUT2D eigenvalue weighted by atomic mass is 10.1. The molecule has 0 saturated carbocycles. The number of hydrogen-bond acceptors (Lipinski definition) is 5. The first-order chi connectivity index (χ1) is 17.0. The van der Waals surface area contributed by atoms with E-state index in [-0.39, 0.29) is 24.4 Å². The molecule has 4 rings (SSSR count). The fraction of sp³-hybridized carbons (Fsp3) is 0.357. The smallest absolute Gasteiger partial charge is 0.254 e. The van der Waals surface area contributed by atoms with Crippen LogP contribution >= 0.6 is 0 Å². The van der Waals surface area contributed by atoms with E-state index in [1.807, 2.05) is 92.4 Å². The van der Waals surface area contributed by atoms with Gasteiger partial charge >= 0.3 is 0 Å². The first kappa shape index (κ1) is 24.4. The van der Waals surface area contributed by atoms with Crippen LogP contribution in [0.15, 0.2) is 66.7 Å². The lowest BCUT2D eigenvalue weighted by Gasteiger charge is -2.37. The highest BCUT2D eigenvalue weighted by atomic mass is 16.2. The van der Waals surface area contributed by atoms with Crippen molar-refractivity contribution in [1.29, 1.82) is 0 Å². The molecule has 1 aliphatic heterocycles. The maximum Gasteiger partial charge on any atom is 0.254 e. The van der Waals surface area contributed by atoms with Gasteiger partial charge in [-0.1, -0.05) is 55.0 Å². The van der Waals surface area contributed by atoms with Gasteiger partial charge in [0.25, 0.3) is 5.91 Å². The van der Waals surface area contributed by atoms with Crippen molar-refractivity contribution in [3.63, 3.8) is 0 Å². The van der Waals surface area contributed by atoms with E-state index in [4.69, 9.17) is 0 Å². The molecule has 0 spiro atoms. The third-order valence-electron chi connectivity index (χ3n) is 6.66. The van der Waals surface area contributed by atoms with Gasteiger partial charge in [0.15, 0.2) is 5.82 Å². The summed E-state index contributed by atoms with van der Waals surface area (Å²) >= 11 is 0. The molecule has 2 amide bonds. The van der Waals surface area contributed by atoms with Crippen molar-refractivity contribution in [1.82, 2.24) is 20.0 Å². The highest BCUT2D eigenvalue weighted by molar-refractivity contribution is 5.96. The molecule has 1 fully saturated rings. The van der Waals surface area contributed by atoms with Gasteiger partial charge in [-0.05, 0) is 44.5 Å². The molecular weight excluding hydrogens is 438 g/mol. The van der Waals surface area contributed by atoms with E-state index < -0.39 is 0 Å². The third kappa shape index (κ3) is 5.85. The number of benzene rings is 2. The Hall–Kier alpha value is -3.74. The lowest BCUT2D eigenvalue weighted by molar-refractivity contribution is -0.132. The molecule has 1 aliphatic rings. The van der Waals surface area contributed by atoms with Crippen LogP contribution in [0.4, 0.5) is 5.82 Å². The fourth-order valence-electron chi connectivity index (χ4n) is 4.20. The van der Waals surface area contributed by atoms with Crippen LogP contribution in [0.1, 0.15) is 36.2 Å². The SMILES string of the molecule is CCC(C)N(CC(=O)N1CCN(c2ccc(-c3ccccc3)nn2)CC1)C(=O)c1ccc(C)cc1. The molecule has 0 N–H and O–H groups in total. The van der Waals surface area contributed by atoms with Crippen molar-refractivity contribution in [3.05, 3.63) is 77.9 Å². The number of aromatic nitrogens is 2. The van der Waals surface area contributed by atoms with E-state index in [1.165, 1.54) is 0 Å². The molecule has 2 heterocycles. The summed E-state index contributed by atoms with van der Waals surface area (Å²) < 4.78 is 0. The molecule has 1 unspecified atom stereocenters. The topological polar surface area (TPSA) is 69.6 Å². The molecule has 0 bridgehead atoms. The number of hydrogen-bond donors (Lipinski definition) is 0. The minimum absolute atomic E-state index is 0.0177. The molecule has 7 nitrogen and oxygen atoms in total. The summed E-state index contributed by atoms with van der Waals surface area (Å²) in [4.78, 5) is 32.0. The van der Waals surface area contributed by atoms with Gasteiger partial charge in [0.05, 0.1) is 5.69 Å². The molecule has 1 aromatic heterocycles. The Labute approximate surface area is 207 Å². The average Bonchev–Trinajstić information content (AvgIpc) is 2.92. The van der Waals surface area contributed by atoms with Crippen LogP contribution in [0.2, 0.25) is 0 Å². The van der Waals surface area contributed by atoms with E-state index in [0.29, 0.717) is 31.7 Å². The predicted molar refractivity (Wildman–Crippen MR) is 138 cm³/mol. The minimum Gasteiger partial charge on any atom is -0.352 e. The molecule has 7 heteroatoms. The summed E-state index contributed by atoms with van der Waals surface area (Å²) in [6, 6.07) is 21.4. The van der Waals surface area contributed by atoms with Crippen molar-refractivity contribution in [3.8, 4) is 11.3 Å². The van der Waals surface area contributed by atoms with Crippen molar-refractivity contribution < 1.29 is 9.59 Å². The van der Waals surface area contributed by atoms with Crippen LogP contribution in [-0.4, -0.2) is 70.6 Å². The van der Waals surface area contributed by atoms with Gasteiger partial charge in [0.1, 0.15) is 6.54 Å². The maximum absolute atomic E-state index is 13.2. The van der Waals surface area contributed by atoms with Gasteiger partial charge in [-0.25, -0.2) is 0 Å². The summed E-state index contributed by atoms with van der Waals surface area (Å²) in [5, 5.41) is 8.80. The lowest BCUT2D eigenvalue weighted by Crippen LogP contribution is -2.53. The normalized spacial score (nSPS) is 14.5. The summed E-state index contributed by atoms with van der Waals surface area (Å²) in [5.41, 5.74) is 3.59. The summed E-state index contributed by atoms with van der Waals surface area (Å²) in [6.07, 6.45) is 0.788. The number of rotatable bonds is 7. The largest absolute Gasteiger partial charge is 0.352 e. The molecule has 1 atom stereocenters. The van der Waals surface area contributed by atoms with Crippen molar-refractivity contribution in [2.24, 2.45) is 0 Å². The molecule has 2 aromatic carbocycles. The van der Waals surface area contributed by atoms with Crippen LogP contribution in [0.5, 0.6) is 0 Å². The van der Waals surface area contributed by atoms with E-state index in [0.717, 1.165) is 29.1 Å². The Morgan fingerprint density at radius 1 is 0.914 bits per heavy atom. The third-order valence-corrected chi connectivity index (χ3v) is 6.66. The highest BCUT2D eigenvalue weighted by Crippen LogP contribution is 2.19. The molecule has 3 aromatic rings. The van der Waals surface area contributed by atoms with Crippen molar-refractivity contribution in [2.45, 2.75) is 33.2 Å². The highest BCUT2D eigenvalue weighted by Gasteiger charge is 2.28. The zero-order valence-electron chi connectivity index (χ0n) is 20.7. The molecular formula is C28H33N5O2. The van der Waals surface area contributed by atoms with Crippen LogP contribution in [0, 0.1) is 6.92 Å². The number of carbonyl (C=O) groups excluding carboxylic acids is 2. The fourth-order valence-corrected chi connectivity index (χ4v) is 4.20. The molecule has 1 saturated heterocycles. The van der Waals surface area contributed by atoms with E-state index in [2.05, 4.69) is 15.1 Å². The van der Waals surface area contributed by atoms with Gasteiger partial charge in [-0.3, -0.25) is 9.59 Å². The molecule has 0 radical (unpaired) electrons. The van der Waals surface area contributed by atoms with Crippen LogP contribution < -0.4 is 4.90 Å². The summed E-state index contributed by atoms with van der Waals surface area (Å²) in [7, 11) is 0. The zero-order chi connectivity index (χ0) is 24.8. The van der Waals surface area contributed by atoms with Crippen LogP contribution in [-0.2, 0) is 4.79 Å². The number of piperazine rings is 1. The van der Waals surface area contributed by atoms with Gasteiger partial charge in [0, 0.05) is 43.3 Å². The molecule has 35 heavy (non-hydrogen) atoms. The second-order valence-electron chi connectivity index (χ2n) is 9.07. The standard InChI is InChI=1S/C28H33N5O2/c1-4-22(3)33(28(35)24-12-10-21(2)11-13-24)20-27(34)32-18-16-31(17-19-32)26-15-14-25(29-30-26)23-8-6-5-7-9-23/h5-15,22H,4,16-20H2,1-3H3. The Morgan fingerprint density at radius 3 is 2.20 bits per heavy atom. The van der Waals surface area contributed by atoms with Crippen LogP contribution in [0.25, 0.3) is 11.3 Å². The van der Waals surface area contributed by atoms with Gasteiger partial charge < -0.3 is 14.7 Å². The zero-order valence-corrected chi connectivity index (χ0v) is 20.7. The first-order valence-electron chi connectivity index (χ1n) is 12.3. The predicted octanol–water partition coefficient (Wildman–Crippen LogP) is 4.04. The molecule has 182 valence electrons. The van der Waals surface area contributed by atoms with Gasteiger partial charge in [-0.15, -0.1) is 10.2 Å². The molecule has 0 aliphatic carbocycles. The van der Waals surface area contributed by atoms with Crippen LogP contribution in [0.3, 0.4) is 0 Å². The first-order valence-corrected chi connectivity index (χ1v) is 12.3. The van der Waals surface area contributed by atoms with Gasteiger partial charge in [0.2, 0.25) is 5.91 Å². The summed E-state index contributed by atoms with van der Waals surface area (Å²) in [5.74, 6) is 0.698. The van der Waals surface area contributed by atoms with Crippen molar-refractivity contribution >= 4 is 17.6 Å². The Balaban J connectivity index is 1.36. The number of amides is 2. The maximum atomic E-state index is 13.2. The van der Waals surface area contributed by atoms with Gasteiger partial charge in [-0.2, -0.15) is 0 Å². The number of carbonyl (C=O) groups is 2. The number of anilines is 1. The minimum atomic E-state index is -0.0971. The Morgan fingerprint density at radius 2 is 1.60 bits per heavy atom. The second-order valence-corrected chi connectivity index (χ2v) is 9.07. The monoisotopic (exact) mass is 471 g/mol.